The van der Waals surface area contributed by atoms with Crippen LogP contribution in [-0.4, -0.2) is 0 Å². The van der Waals surface area contributed by atoms with Gasteiger partial charge in [0.15, 0.2) is 0 Å². The Hall–Kier alpha value is -2.03. The van der Waals surface area contributed by atoms with Crippen molar-refractivity contribution in [1.82, 2.24) is 0 Å². The van der Waals surface area contributed by atoms with Gasteiger partial charge in [0.1, 0.15) is 0 Å². The molecule has 0 nitrogen and oxygen atoms in total. The predicted octanol–water partition coefficient (Wildman–Crippen LogP) is 6.96. The van der Waals surface area contributed by atoms with E-state index in [9.17, 15) is 0 Å². The molecule has 0 N–H and O–H groups in total. The maximum Gasteiger partial charge on any atom is 0.0532 e. The molecule has 5 aromatic rings. The summed E-state index contributed by atoms with van der Waals surface area (Å²) in [6, 6.07) is 33.2. The molecule has 5 rings (SSSR count). The summed E-state index contributed by atoms with van der Waals surface area (Å²) in [6.45, 7) is 0. The lowest BCUT2D eigenvalue weighted by molar-refractivity contribution is 1.75. The molecule has 3 aromatic heterocycles. The molecule has 0 aliphatic heterocycles. The first-order chi connectivity index (χ1) is 13.9. The molecule has 0 bridgehead atoms. The van der Waals surface area contributed by atoms with Crippen LogP contribution in [0.3, 0.4) is 0 Å². The van der Waals surface area contributed by atoms with Gasteiger partial charge in [0, 0.05) is 19.9 Å². The summed E-state index contributed by atoms with van der Waals surface area (Å²) in [4.78, 5) is 5.50. The van der Waals surface area contributed by atoms with Crippen LogP contribution < -0.4 is 15.9 Å². The van der Waals surface area contributed by atoms with Crippen molar-refractivity contribution in [3.05, 3.63) is 102 Å². The van der Waals surface area contributed by atoms with E-state index in [0.29, 0.717) is 0 Å². The van der Waals surface area contributed by atoms with Crippen molar-refractivity contribution in [3.63, 3.8) is 0 Å². The first kappa shape index (κ1) is 18.0. The molecule has 3 heterocycles. The van der Waals surface area contributed by atoms with Gasteiger partial charge in [-0.3, -0.25) is 0 Å². The summed E-state index contributed by atoms with van der Waals surface area (Å²) in [7, 11) is -0.605. The molecule has 0 fully saturated rings. The van der Waals surface area contributed by atoms with Crippen molar-refractivity contribution >= 4 is 57.8 Å². The quantitative estimate of drug-likeness (QED) is 0.263. The molecule has 4 heteroatoms. The lowest BCUT2D eigenvalue weighted by atomic mass is 10.3. The highest BCUT2D eigenvalue weighted by molar-refractivity contribution is 7.80. The standard InChI is InChI=1S/C24H17PS3/c1-3-9-18(10-4-1)25(19-11-5-2-6-12-19)20-17-23(21-13-7-15-26-21)28-24(20)22-14-8-16-27-22/h1-17H. The van der Waals surface area contributed by atoms with E-state index in [1.165, 1.54) is 35.4 Å². The van der Waals surface area contributed by atoms with E-state index in [1.54, 1.807) is 0 Å². The van der Waals surface area contributed by atoms with Gasteiger partial charge in [0.2, 0.25) is 0 Å². The zero-order valence-electron chi connectivity index (χ0n) is 15.0. The smallest absolute Gasteiger partial charge is 0.0532 e. The van der Waals surface area contributed by atoms with Crippen LogP contribution in [-0.2, 0) is 0 Å². The Morgan fingerprint density at radius 3 is 1.64 bits per heavy atom. The van der Waals surface area contributed by atoms with Gasteiger partial charge in [0.25, 0.3) is 0 Å². The maximum absolute atomic E-state index is 2.44. The monoisotopic (exact) mass is 432 g/mol. The van der Waals surface area contributed by atoms with Gasteiger partial charge >= 0.3 is 0 Å². The van der Waals surface area contributed by atoms with Gasteiger partial charge in [-0.25, -0.2) is 0 Å². The topological polar surface area (TPSA) is 0 Å². The molecule has 0 saturated heterocycles. The van der Waals surface area contributed by atoms with Gasteiger partial charge in [0.05, 0.1) is 4.88 Å². The maximum atomic E-state index is 2.44. The molecule has 0 radical (unpaired) electrons. The second-order valence-corrected chi connectivity index (χ2v) is 11.4. The average Bonchev–Trinajstić information content (AvgIpc) is 3.51. The van der Waals surface area contributed by atoms with Crippen LogP contribution in [0.25, 0.3) is 19.5 Å². The first-order valence-corrected chi connectivity index (χ1v) is 12.9. The molecule has 0 saturated carbocycles. The van der Waals surface area contributed by atoms with E-state index >= 15 is 0 Å². The molecule has 28 heavy (non-hydrogen) atoms. The fourth-order valence-corrected chi connectivity index (χ4v) is 8.95. The Labute approximate surface area is 178 Å². The molecule has 0 aliphatic rings. The second-order valence-electron chi connectivity index (χ2n) is 6.29. The van der Waals surface area contributed by atoms with Crippen molar-refractivity contribution in [2.45, 2.75) is 0 Å². The molecule has 136 valence electrons. The molecular weight excluding hydrogens is 415 g/mol. The predicted molar refractivity (Wildman–Crippen MR) is 130 cm³/mol. The number of benzene rings is 2. The first-order valence-electron chi connectivity index (χ1n) is 9.02. The SMILES string of the molecule is c1ccc(P(c2ccccc2)c2cc(-c3cccs3)sc2-c2cccs2)cc1. The average molecular weight is 433 g/mol. The zero-order chi connectivity index (χ0) is 18.8. The van der Waals surface area contributed by atoms with Crippen LogP contribution in [0.2, 0.25) is 0 Å². The minimum atomic E-state index is -0.605. The Kier molecular flexibility index (Phi) is 5.24. The highest BCUT2D eigenvalue weighted by Crippen LogP contribution is 2.45. The Morgan fingerprint density at radius 2 is 1.11 bits per heavy atom. The molecular formula is C24H17PS3. The summed E-state index contributed by atoms with van der Waals surface area (Å²) in [5.74, 6) is 0. The second kappa shape index (κ2) is 8.14. The lowest BCUT2D eigenvalue weighted by Gasteiger charge is -2.19. The van der Waals surface area contributed by atoms with E-state index in [1.807, 2.05) is 34.0 Å². The van der Waals surface area contributed by atoms with Crippen LogP contribution in [0.4, 0.5) is 0 Å². The Balaban J connectivity index is 1.74. The number of hydrogen-bond donors (Lipinski definition) is 0. The van der Waals surface area contributed by atoms with E-state index in [4.69, 9.17) is 0 Å². The number of rotatable bonds is 5. The lowest BCUT2D eigenvalue weighted by Crippen LogP contribution is -2.20. The van der Waals surface area contributed by atoms with Crippen molar-refractivity contribution < 1.29 is 0 Å². The molecule has 0 aliphatic carbocycles. The third kappa shape index (κ3) is 3.52. The highest BCUT2D eigenvalue weighted by Gasteiger charge is 2.24. The van der Waals surface area contributed by atoms with Crippen molar-refractivity contribution in [3.8, 4) is 19.5 Å². The fraction of sp³-hybridized carbons (Fsp3) is 0. The molecule has 0 amide bonds. The van der Waals surface area contributed by atoms with Crippen molar-refractivity contribution in [2.24, 2.45) is 0 Å². The summed E-state index contributed by atoms with van der Waals surface area (Å²) in [5, 5.41) is 8.60. The largest absolute Gasteiger partial charge is 0.143 e. The van der Waals surface area contributed by atoms with Crippen molar-refractivity contribution in [1.29, 1.82) is 0 Å². The third-order valence-electron chi connectivity index (χ3n) is 4.49. The summed E-state index contributed by atoms with van der Waals surface area (Å²) in [5.41, 5.74) is 0. The van der Waals surface area contributed by atoms with Crippen LogP contribution >= 0.6 is 41.9 Å². The fourth-order valence-electron chi connectivity index (χ4n) is 3.25. The highest BCUT2D eigenvalue weighted by atomic mass is 32.1. The summed E-state index contributed by atoms with van der Waals surface area (Å²) in [6.07, 6.45) is 0. The van der Waals surface area contributed by atoms with Gasteiger partial charge in [-0.05, 0) is 47.5 Å². The van der Waals surface area contributed by atoms with E-state index in [-0.39, 0.29) is 0 Å². The molecule has 0 spiro atoms. The zero-order valence-corrected chi connectivity index (χ0v) is 18.3. The third-order valence-corrected chi connectivity index (χ3v) is 10.4. The van der Waals surface area contributed by atoms with E-state index < -0.39 is 7.92 Å². The summed E-state index contributed by atoms with van der Waals surface area (Å²) < 4.78 is 0. The number of thiophene rings is 3. The normalized spacial score (nSPS) is 11.2. The van der Waals surface area contributed by atoms with Crippen LogP contribution in [0.5, 0.6) is 0 Å². The Morgan fingerprint density at radius 1 is 0.536 bits per heavy atom. The molecule has 2 aromatic carbocycles. The van der Waals surface area contributed by atoms with Crippen LogP contribution in [0.1, 0.15) is 0 Å². The van der Waals surface area contributed by atoms with Gasteiger partial charge < -0.3 is 0 Å². The van der Waals surface area contributed by atoms with Gasteiger partial charge in [-0.15, -0.1) is 34.0 Å². The van der Waals surface area contributed by atoms with Gasteiger partial charge in [-0.2, -0.15) is 0 Å². The van der Waals surface area contributed by atoms with Gasteiger partial charge in [-0.1, -0.05) is 72.8 Å². The Bertz CT molecular complexity index is 1100. The minimum Gasteiger partial charge on any atom is -0.143 e. The van der Waals surface area contributed by atoms with E-state index in [0.717, 1.165) is 0 Å². The molecule has 0 unspecified atom stereocenters. The van der Waals surface area contributed by atoms with Crippen LogP contribution in [0, 0.1) is 0 Å². The van der Waals surface area contributed by atoms with E-state index in [2.05, 4.69) is 102 Å². The summed E-state index contributed by atoms with van der Waals surface area (Å²) >= 11 is 5.58. The van der Waals surface area contributed by atoms with Crippen LogP contribution in [0.15, 0.2) is 102 Å². The molecule has 0 atom stereocenters. The minimum absolute atomic E-state index is 0.605. The number of hydrogen-bond acceptors (Lipinski definition) is 3. The van der Waals surface area contributed by atoms with Crippen molar-refractivity contribution in [2.75, 3.05) is 0 Å².